The van der Waals surface area contributed by atoms with Crippen LogP contribution in [0.15, 0.2) is 24.3 Å². The highest BCUT2D eigenvalue weighted by molar-refractivity contribution is 5.73. The van der Waals surface area contributed by atoms with Crippen molar-refractivity contribution in [3.05, 3.63) is 29.8 Å². The number of hydrogen-bond acceptors (Lipinski definition) is 2. The van der Waals surface area contributed by atoms with Crippen LogP contribution in [0.25, 0.3) is 0 Å². The minimum atomic E-state index is -0.341. The van der Waals surface area contributed by atoms with Gasteiger partial charge in [0.15, 0.2) is 0 Å². The number of amides is 1. The second-order valence-electron chi connectivity index (χ2n) is 2.88. The van der Waals surface area contributed by atoms with Gasteiger partial charge in [-0.05, 0) is 19.1 Å². The summed E-state index contributed by atoms with van der Waals surface area (Å²) in [5, 5.41) is 0. The Morgan fingerprint density at radius 1 is 1.38 bits per heavy atom. The molecule has 70 valence electrons. The summed E-state index contributed by atoms with van der Waals surface area (Å²) in [5.74, 6) is 0.430. The molecule has 1 aromatic rings. The standard InChI is InChI=1S/C10H13NO2/c1-8-2-4-9(5-3-8)13-7-6-10(11)12/h2-5H,6-7H2,1H3,(H2,11,12). The topological polar surface area (TPSA) is 52.3 Å². The first-order chi connectivity index (χ1) is 6.18. The van der Waals surface area contributed by atoms with Crippen molar-refractivity contribution in [3.8, 4) is 5.75 Å². The van der Waals surface area contributed by atoms with Crippen molar-refractivity contribution in [2.75, 3.05) is 6.61 Å². The Kier molecular flexibility index (Phi) is 3.31. The maximum absolute atomic E-state index is 10.4. The Morgan fingerprint density at radius 3 is 2.54 bits per heavy atom. The average Bonchev–Trinajstić information content (AvgIpc) is 2.08. The average molecular weight is 179 g/mol. The maximum Gasteiger partial charge on any atom is 0.220 e. The Hall–Kier alpha value is -1.51. The summed E-state index contributed by atoms with van der Waals surface area (Å²) in [5.41, 5.74) is 6.14. The third-order valence-electron chi connectivity index (χ3n) is 1.64. The highest BCUT2D eigenvalue weighted by Gasteiger charge is 1.95. The number of hydrogen-bond donors (Lipinski definition) is 1. The highest BCUT2D eigenvalue weighted by atomic mass is 16.5. The van der Waals surface area contributed by atoms with Gasteiger partial charge in [0, 0.05) is 0 Å². The molecule has 0 saturated carbocycles. The highest BCUT2D eigenvalue weighted by Crippen LogP contribution is 2.11. The van der Waals surface area contributed by atoms with Gasteiger partial charge in [-0.1, -0.05) is 17.7 Å². The summed E-state index contributed by atoms with van der Waals surface area (Å²) in [7, 11) is 0. The molecule has 0 heterocycles. The van der Waals surface area contributed by atoms with E-state index >= 15 is 0 Å². The van der Waals surface area contributed by atoms with Gasteiger partial charge in [0.25, 0.3) is 0 Å². The summed E-state index contributed by atoms with van der Waals surface area (Å²) in [4.78, 5) is 10.4. The van der Waals surface area contributed by atoms with Gasteiger partial charge in [-0.3, -0.25) is 4.79 Å². The number of carbonyl (C=O) groups is 1. The molecule has 0 aliphatic carbocycles. The Labute approximate surface area is 77.5 Å². The summed E-state index contributed by atoms with van der Waals surface area (Å²) in [6.07, 6.45) is 0.258. The van der Waals surface area contributed by atoms with Gasteiger partial charge < -0.3 is 10.5 Å². The molecule has 3 nitrogen and oxygen atoms in total. The lowest BCUT2D eigenvalue weighted by Gasteiger charge is -2.04. The number of primary amides is 1. The van der Waals surface area contributed by atoms with Gasteiger partial charge in [-0.2, -0.15) is 0 Å². The molecule has 0 aliphatic heterocycles. The summed E-state index contributed by atoms with van der Waals surface area (Å²) >= 11 is 0. The fourth-order valence-corrected chi connectivity index (χ4v) is 0.904. The van der Waals surface area contributed by atoms with Gasteiger partial charge in [0.1, 0.15) is 5.75 Å². The molecule has 0 aromatic heterocycles. The van der Waals surface area contributed by atoms with Crippen LogP contribution in [0, 0.1) is 6.92 Å². The number of nitrogens with two attached hydrogens (primary N) is 1. The zero-order chi connectivity index (χ0) is 9.68. The molecule has 0 saturated heterocycles. The largest absolute Gasteiger partial charge is 0.493 e. The van der Waals surface area contributed by atoms with E-state index in [2.05, 4.69) is 0 Å². The van der Waals surface area contributed by atoms with Crippen molar-refractivity contribution in [1.29, 1.82) is 0 Å². The lowest BCUT2D eigenvalue weighted by Crippen LogP contribution is -2.14. The number of ether oxygens (including phenoxy) is 1. The first-order valence-corrected chi connectivity index (χ1v) is 4.16. The van der Waals surface area contributed by atoms with Crippen LogP contribution in [0.1, 0.15) is 12.0 Å². The van der Waals surface area contributed by atoms with E-state index in [0.717, 1.165) is 5.75 Å². The van der Waals surface area contributed by atoms with Crippen molar-refractivity contribution in [2.24, 2.45) is 5.73 Å². The van der Waals surface area contributed by atoms with E-state index in [4.69, 9.17) is 10.5 Å². The van der Waals surface area contributed by atoms with Gasteiger partial charge in [0.05, 0.1) is 13.0 Å². The minimum absolute atomic E-state index is 0.258. The molecule has 0 bridgehead atoms. The fraction of sp³-hybridized carbons (Fsp3) is 0.300. The second kappa shape index (κ2) is 4.50. The molecule has 13 heavy (non-hydrogen) atoms. The van der Waals surface area contributed by atoms with E-state index < -0.39 is 0 Å². The van der Waals surface area contributed by atoms with Gasteiger partial charge in [-0.15, -0.1) is 0 Å². The first kappa shape index (κ1) is 9.58. The fourth-order valence-electron chi connectivity index (χ4n) is 0.904. The zero-order valence-corrected chi connectivity index (χ0v) is 7.62. The predicted octanol–water partition coefficient (Wildman–Crippen LogP) is 1.25. The molecule has 1 amide bonds. The number of carbonyl (C=O) groups excluding carboxylic acids is 1. The van der Waals surface area contributed by atoms with Crippen molar-refractivity contribution in [3.63, 3.8) is 0 Å². The van der Waals surface area contributed by atoms with Crippen LogP contribution < -0.4 is 10.5 Å². The van der Waals surface area contributed by atoms with Crippen molar-refractivity contribution in [1.82, 2.24) is 0 Å². The molecule has 0 spiro atoms. The molecule has 0 radical (unpaired) electrons. The van der Waals surface area contributed by atoms with Gasteiger partial charge in [0.2, 0.25) is 5.91 Å². The number of aryl methyl sites for hydroxylation is 1. The predicted molar refractivity (Wildman–Crippen MR) is 50.5 cm³/mol. The van der Waals surface area contributed by atoms with Crippen LogP contribution in [0.2, 0.25) is 0 Å². The normalized spacial score (nSPS) is 9.62. The van der Waals surface area contributed by atoms with Gasteiger partial charge in [-0.25, -0.2) is 0 Å². The Bertz CT molecular complexity index is 279. The van der Waals surface area contributed by atoms with Crippen LogP contribution in [0.4, 0.5) is 0 Å². The molecular formula is C10H13NO2. The van der Waals surface area contributed by atoms with Crippen LogP contribution in [-0.2, 0) is 4.79 Å². The summed E-state index contributed by atoms with van der Waals surface area (Å²) in [6.45, 7) is 2.35. The molecular weight excluding hydrogens is 166 g/mol. The van der Waals surface area contributed by atoms with E-state index in [1.165, 1.54) is 5.56 Å². The van der Waals surface area contributed by atoms with E-state index in [9.17, 15) is 4.79 Å². The Balaban J connectivity index is 2.37. The summed E-state index contributed by atoms with van der Waals surface area (Å²) in [6, 6.07) is 7.66. The minimum Gasteiger partial charge on any atom is -0.493 e. The van der Waals surface area contributed by atoms with Crippen LogP contribution in [-0.4, -0.2) is 12.5 Å². The smallest absolute Gasteiger partial charge is 0.220 e. The SMILES string of the molecule is Cc1ccc(OCCC(N)=O)cc1. The molecule has 0 atom stereocenters. The monoisotopic (exact) mass is 179 g/mol. The van der Waals surface area contributed by atoms with Crippen LogP contribution in [0.5, 0.6) is 5.75 Å². The quantitative estimate of drug-likeness (QED) is 0.756. The van der Waals surface area contributed by atoms with E-state index in [0.29, 0.717) is 6.61 Å². The van der Waals surface area contributed by atoms with Crippen LogP contribution >= 0.6 is 0 Å². The lowest BCUT2D eigenvalue weighted by molar-refractivity contribution is -0.118. The van der Waals surface area contributed by atoms with Crippen molar-refractivity contribution < 1.29 is 9.53 Å². The Morgan fingerprint density at radius 2 is 2.00 bits per heavy atom. The van der Waals surface area contributed by atoms with Crippen molar-refractivity contribution in [2.45, 2.75) is 13.3 Å². The molecule has 1 rings (SSSR count). The number of rotatable bonds is 4. The molecule has 0 fully saturated rings. The lowest BCUT2D eigenvalue weighted by atomic mass is 10.2. The van der Waals surface area contributed by atoms with E-state index in [-0.39, 0.29) is 12.3 Å². The summed E-state index contributed by atoms with van der Waals surface area (Å²) < 4.78 is 5.27. The third kappa shape index (κ3) is 3.60. The number of benzene rings is 1. The van der Waals surface area contributed by atoms with Gasteiger partial charge >= 0.3 is 0 Å². The molecule has 3 heteroatoms. The molecule has 1 aromatic carbocycles. The zero-order valence-electron chi connectivity index (χ0n) is 7.62. The van der Waals surface area contributed by atoms with E-state index in [1.54, 1.807) is 0 Å². The van der Waals surface area contributed by atoms with E-state index in [1.807, 2.05) is 31.2 Å². The maximum atomic E-state index is 10.4. The third-order valence-corrected chi connectivity index (χ3v) is 1.64. The second-order valence-corrected chi connectivity index (χ2v) is 2.88. The van der Waals surface area contributed by atoms with Crippen LogP contribution in [0.3, 0.4) is 0 Å². The molecule has 0 aliphatic rings. The van der Waals surface area contributed by atoms with Crippen molar-refractivity contribution >= 4 is 5.91 Å². The molecule has 2 N–H and O–H groups in total. The first-order valence-electron chi connectivity index (χ1n) is 4.16. The molecule has 0 unspecified atom stereocenters.